The maximum atomic E-state index is 12.6. The van der Waals surface area contributed by atoms with Gasteiger partial charge in [0.1, 0.15) is 6.61 Å². The van der Waals surface area contributed by atoms with E-state index in [0.717, 1.165) is 17.3 Å². The summed E-state index contributed by atoms with van der Waals surface area (Å²) in [4.78, 5) is 36.6. The van der Waals surface area contributed by atoms with Crippen LogP contribution in [0.4, 0.5) is 10.5 Å². The highest BCUT2D eigenvalue weighted by Crippen LogP contribution is 2.40. The van der Waals surface area contributed by atoms with Crippen LogP contribution in [0.3, 0.4) is 0 Å². The number of imide groups is 1. The molecule has 1 fully saturated rings. The zero-order valence-corrected chi connectivity index (χ0v) is 20.1. The van der Waals surface area contributed by atoms with Crippen LogP contribution in [0.5, 0.6) is 11.5 Å². The summed E-state index contributed by atoms with van der Waals surface area (Å²) in [6.45, 7) is 6.01. The number of halogens is 1. The maximum Gasteiger partial charge on any atom is 0.293 e. The predicted octanol–water partition coefficient (Wildman–Crippen LogP) is 5.78. The van der Waals surface area contributed by atoms with Gasteiger partial charge >= 0.3 is 0 Å². The maximum absolute atomic E-state index is 12.6. The number of nitro benzene ring substituents is 1. The number of non-ortho nitro benzene ring substituents is 1. The second-order valence-electron chi connectivity index (χ2n) is 7.12. The van der Waals surface area contributed by atoms with E-state index in [2.05, 4.69) is 15.9 Å². The molecule has 10 heteroatoms. The summed E-state index contributed by atoms with van der Waals surface area (Å²) in [6.07, 6.45) is 1.65. The molecule has 2 aromatic rings. The van der Waals surface area contributed by atoms with Gasteiger partial charge in [-0.1, -0.05) is 0 Å². The Balaban J connectivity index is 1.84. The van der Waals surface area contributed by atoms with Crippen LogP contribution >= 0.6 is 27.7 Å². The number of hydrogen-bond acceptors (Lipinski definition) is 7. The number of carbonyl (C=O) groups excluding carboxylic acids is 2. The third-order valence-electron chi connectivity index (χ3n) is 4.50. The van der Waals surface area contributed by atoms with Crippen molar-refractivity contribution in [3.05, 3.63) is 67.0 Å². The van der Waals surface area contributed by atoms with Gasteiger partial charge in [0.05, 0.1) is 20.9 Å². The Bertz CT molecular complexity index is 1080. The first-order valence-corrected chi connectivity index (χ1v) is 11.4. The number of nitrogens with zero attached hydrogens (tertiary/aromatic N) is 2. The minimum atomic E-state index is -0.455. The predicted molar refractivity (Wildman–Crippen MR) is 126 cm³/mol. The van der Waals surface area contributed by atoms with E-state index in [-0.39, 0.29) is 29.5 Å². The van der Waals surface area contributed by atoms with E-state index in [1.165, 1.54) is 17.0 Å². The summed E-state index contributed by atoms with van der Waals surface area (Å²) in [5, 5.41) is 10.5. The summed E-state index contributed by atoms with van der Waals surface area (Å²) >= 11 is 4.40. The first-order chi connectivity index (χ1) is 15.2. The second kappa shape index (κ2) is 10.2. The number of carbonyl (C=O) groups is 2. The fraction of sp³-hybridized carbons (Fsp3) is 0.273. The number of hydrogen-bond donors (Lipinski definition) is 0. The number of ether oxygens (including phenoxy) is 2. The molecule has 0 aromatic heterocycles. The lowest BCUT2D eigenvalue weighted by atomic mass is 10.1. The first-order valence-electron chi connectivity index (χ1n) is 9.80. The molecular weight excluding hydrogens is 500 g/mol. The fourth-order valence-electron chi connectivity index (χ4n) is 3.02. The highest BCUT2D eigenvalue weighted by atomic mass is 79.9. The van der Waals surface area contributed by atoms with Crippen molar-refractivity contribution in [2.24, 2.45) is 0 Å². The number of thioether (sulfide) groups is 1. The third-order valence-corrected chi connectivity index (χ3v) is 5.97. The number of rotatable bonds is 8. The summed E-state index contributed by atoms with van der Waals surface area (Å²) in [5.41, 5.74) is 1.45. The van der Waals surface area contributed by atoms with Crippen LogP contribution in [-0.4, -0.2) is 33.6 Å². The van der Waals surface area contributed by atoms with Gasteiger partial charge in [-0.25, -0.2) is 0 Å². The van der Waals surface area contributed by atoms with Gasteiger partial charge in [0.25, 0.3) is 16.8 Å². The standard InChI is InChI=1S/C22H21BrN2O6S/c1-4-30-18-10-15(11-19-21(26)24(13(2)3)22(27)32-19)9-17(23)20(18)31-12-14-5-7-16(8-6-14)25(28)29/h5-11,13H,4,12H2,1-3H3/b19-11+. The molecule has 1 saturated heterocycles. The van der Waals surface area contributed by atoms with Gasteiger partial charge in [-0.05, 0) is 89.9 Å². The van der Waals surface area contributed by atoms with Crippen molar-refractivity contribution in [3.8, 4) is 11.5 Å². The van der Waals surface area contributed by atoms with Gasteiger partial charge in [-0.2, -0.15) is 0 Å². The molecule has 0 aliphatic carbocycles. The Labute approximate surface area is 197 Å². The molecule has 168 valence electrons. The zero-order valence-electron chi connectivity index (χ0n) is 17.7. The fourth-order valence-corrected chi connectivity index (χ4v) is 4.56. The smallest absolute Gasteiger partial charge is 0.293 e. The van der Waals surface area contributed by atoms with Gasteiger partial charge in [-0.15, -0.1) is 0 Å². The molecule has 0 bridgehead atoms. The monoisotopic (exact) mass is 520 g/mol. The van der Waals surface area contributed by atoms with Gasteiger partial charge in [0.2, 0.25) is 0 Å². The molecule has 1 aliphatic heterocycles. The minimum absolute atomic E-state index is 0.0103. The molecule has 0 radical (unpaired) electrons. The Morgan fingerprint density at radius 3 is 2.44 bits per heavy atom. The van der Waals surface area contributed by atoms with Crippen LogP contribution < -0.4 is 9.47 Å². The molecule has 1 heterocycles. The Kier molecular flexibility index (Phi) is 7.57. The number of nitro groups is 1. The number of amides is 2. The van der Waals surface area contributed by atoms with Crippen molar-refractivity contribution in [3.63, 3.8) is 0 Å². The van der Waals surface area contributed by atoms with Crippen LogP contribution in [0, 0.1) is 10.1 Å². The molecular formula is C22H21BrN2O6S. The van der Waals surface area contributed by atoms with E-state index < -0.39 is 4.92 Å². The number of benzene rings is 2. The minimum Gasteiger partial charge on any atom is -0.490 e. The largest absolute Gasteiger partial charge is 0.490 e. The molecule has 3 rings (SSSR count). The van der Waals surface area contributed by atoms with E-state index >= 15 is 0 Å². The SMILES string of the molecule is CCOc1cc(/C=C2/SC(=O)N(C(C)C)C2=O)cc(Br)c1OCc1ccc([N+](=O)[O-])cc1. The highest BCUT2D eigenvalue weighted by molar-refractivity contribution is 9.10. The lowest BCUT2D eigenvalue weighted by Gasteiger charge is -2.16. The molecule has 0 atom stereocenters. The van der Waals surface area contributed by atoms with Crippen molar-refractivity contribution in [1.29, 1.82) is 0 Å². The van der Waals surface area contributed by atoms with E-state index in [0.29, 0.717) is 33.0 Å². The van der Waals surface area contributed by atoms with Crippen LogP contribution in [-0.2, 0) is 11.4 Å². The average molecular weight is 521 g/mol. The molecule has 8 nitrogen and oxygen atoms in total. The van der Waals surface area contributed by atoms with Crippen LogP contribution in [0.1, 0.15) is 31.9 Å². The van der Waals surface area contributed by atoms with Crippen molar-refractivity contribution in [1.82, 2.24) is 4.90 Å². The van der Waals surface area contributed by atoms with Crippen molar-refractivity contribution in [2.45, 2.75) is 33.4 Å². The van der Waals surface area contributed by atoms with E-state index in [1.807, 2.05) is 6.92 Å². The third kappa shape index (κ3) is 5.31. The van der Waals surface area contributed by atoms with Crippen molar-refractivity contribution >= 4 is 50.6 Å². The Hall–Kier alpha value is -2.85. The molecule has 0 spiro atoms. The summed E-state index contributed by atoms with van der Waals surface area (Å²) in [5.74, 6) is 0.623. The zero-order chi connectivity index (χ0) is 23.4. The lowest BCUT2D eigenvalue weighted by molar-refractivity contribution is -0.384. The first kappa shape index (κ1) is 23.8. The van der Waals surface area contributed by atoms with Gasteiger partial charge in [0.15, 0.2) is 11.5 Å². The molecule has 0 saturated carbocycles. The van der Waals surface area contributed by atoms with Crippen LogP contribution in [0.2, 0.25) is 0 Å². The molecule has 0 unspecified atom stereocenters. The van der Waals surface area contributed by atoms with Gasteiger partial charge in [0, 0.05) is 18.2 Å². The van der Waals surface area contributed by atoms with Gasteiger partial charge < -0.3 is 9.47 Å². The van der Waals surface area contributed by atoms with E-state index in [9.17, 15) is 19.7 Å². The molecule has 0 N–H and O–H groups in total. The van der Waals surface area contributed by atoms with Crippen LogP contribution in [0.15, 0.2) is 45.8 Å². The average Bonchev–Trinajstić information content (AvgIpc) is 3.01. The topological polar surface area (TPSA) is 99.0 Å². The normalized spacial score (nSPS) is 15.0. The summed E-state index contributed by atoms with van der Waals surface area (Å²) in [6, 6.07) is 9.40. The van der Waals surface area contributed by atoms with Crippen molar-refractivity contribution < 1.29 is 24.0 Å². The van der Waals surface area contributed by atoms with Crippen LogP contribution in [0.25, 0.3) is 6.08 Å². The van der Waals surface area contributed by atoms with E-state index in [4.69, 9.17) is 9.47 Å². The lowest BCUT2D eigenvalue weighted by Crippen LogP contribution is -2.34. The highest BCUT2D eigenvalue weighted by Gasteiger charge is 2.36. The Morgan fingerprint density at radius 2 is 1.88 bits per heavy atom. The molecule has 32 heavy (non-hydrogen) atoms. The second-order valence-corrected chi connectivity index (χ2v) is 8.97. The summed E-state index contributed by atoms with van der Waals surface area (Å²) < 4.78 is 12.3. The molecule has 2 amide bonds. The quantitative estimate of drug-likeness (QED) is 0.247. The van der Waals surface area contributed by atoms with E-state index in [1.54, 1.807) is 44.2 Å². The van der Waals surface area contributed by atoms with Gasteiger partial charge in [-0.3, -0.25) is 24.6 Å². The summed E-state index contributed by atoms with van der Waals surface area (Å²) in [7, 11) is 0. The molecule has 1 aliphatic rings. The molecule has 2 aromatic carbocycles. The van der Waals surface area contributed by atoms with Crippen molar-refractivity contribution in [2.75, 3.05) is 6.61 Å². The Morgan fingerprint density at radius 1 is 1.19 bits per heavy atom.